The predicted molar refractivity (Wildman–Crippen MR) is 58.1 cm³/mol. The number of rotatable bonds is 3. The molecule has 0 radical (unpaired) electrons. The molecule has 2 N–H and O–H groups in total. The van der Waals surface area contributed by atoms with Crippen molar-refractivity contribution >= 4 is 17.6 Å². The number of aromatic carboxylic acids is 1. The number of carboxylic acids is 2. The van der Waals surface area contributed by atoms with Gasteiger partial charge in [-0.3, -0.25) is 9.36 Å². The fourth-order valence-electron chi connectivity index (χ4n) is 2.19. The minimum Gasteiger partial charge on any atom is -0.480 e. The molecule has 0 amide bonds. The SMILES string of the molecule is O=Nc1cc(=O)n2c(c1C(=O)O)CCC2C(=O)O. The van der Waals surface area contributed by atoms with E-state index < -0.39 is 34.8 Å². The van der Waals surface area contributed by atoms with Crippen LogP contribution in [0.25, 0.3) is 0 Å². The van der Waals surface area contributed by atoms with Crippen LogP contribution >= 0.6 is 0 Å². The highest BCUT2D eigenvalue weighted by Crippen LogP contribution is 2.31. The molecule has 2 heterocycles. The lowest BCUT2D eigenvalue weighted by molar-refractivity contribution is -0.140. The van der Waals surface area contributed by atoms with Crippen LogP contribution in [0.15, 0.2) is 16.0 Å². The molecular formula is C10H8N2O6. The monoisotopic (exact) mass is 252 g/mol. The van der Waals surface area contributed by atoms with Crippen LogP contribution in [-0.2, 0) is 11.2 Å². The van der Waals surface area contributed by atoms with Crippen molar-refractivity contribution in [2.24, 2.45) is 5.18 Å². The number of nitroso groups, excluding NO2 is 1. The Morgan fingerprint density at radius 1 is 1.39 bits per heavy atom. The lowest BCUT2D eigenvalue weighted by Crippen LogP contribution is -2.28. The van der Waals surface area contributed by atoms with Crippen LogP contribution in [0.5, 0.6) is 0 Å². The molecule has 0 fully saturated rings. The summed E-state index contributed by atoms with van der Waals surface area (Å²) in [5.74, 6) is -2.61. The van der Waals surface area contributed by atoms with Crippen LogP contribution < -0.4 is 5.56 Å². The highest BCUT2D eigenvalue weighted by molar-refractivity contribution is 5.95. The summed E-state index contributed by atoms with van der Waals surface area (Å²) in [6.45, 7) is 0. The quantitative estimate of drug-likeness (QED) is 0.755. The first-order chi connectivity index (χ1) is 8.47. The Bertz CT molecular complexity index is 618. The van der Waals surface area contributed by atoms with E-state index in [9.17, 15) is 19.3 Å². The molecule has 1 aromatic heterocycles. The number of pyridine rings is 1. The standard InChI is InChI=1S/C10H8N2O6/c13-7-3-4(11-18)8(10(16)17)5-1-2-6(9(14)15)12(5)7/h3,6H,1-2H2,(H,14,15)(H,16,17). The van der Waals surface area contributed by atoms with Crippen molar-refractivity contribution in [2.45, 2.75) is 18.9 Å². The van der Waals surface area contributed by atoms with Gasteiger partial charge in [-0.15, -0.1) is 4.91 Å². The number of carboxylic acid groups (broad SMARTS) is 2. The van der Waals surface area contributed by atoms with Gasteiger partial charge < -0.3 is 10.2 Å². The Labute approximate surface area is 99.4 Å². The average molecular weight is 252 g/mol. The summed E-state index contributed by atoms with van der Waals surface area (Å²) in [7, 11) is 0. The third-order valence-corrected chi connectivity index (χ3v) is 2.90. The minimum atomic E-state index is -1.40. The highest BCUT2D eigenvalue weighted by Gasteiger charge is 2.34. The highest BCUT2D eigenvalue weighted by atomic mass is 16.4. The molecule has 1 unspecified atom stereocenters. The molecule has 2 rings (SSSR count). The molecule has 0 bridgehead atoms. The van der Waals surface area contributed by atoms with Gasteiger partial charge in [0, 0.05) is 11.8 Å². The summed E-state index contributed by atoms with van der Waals surface area (Å²) < 4.78 is 0.903. The molecule has 1 aliphatic rings. The van der Waals surface area contributed by atoms with Crippen LogP contribution in [-0.4, -0.2) is 26.7 Å². The van der Waals surface area contributed by atoms with Crippen molar-refractivity contribution in [1.82, 2.24) is 4.57 Å². The van der Waals surface area contributed by atoms with Crippen molar-refractivity contribution in [1.29, 1.82) is 0 Å². The first kappa shape index (κ1) is 12.0. The van der Waals surface area contributed by atoms with Crippen molar-refractivity contribution in [3.05, 3.63) is 32.6 Å². The summed E-state index contributed by atoms with van der Waals surface area (Å²) in [4.78, 5) is 44.2. The maximum absolute atomic E-state index is 11.7. The van der Waals surface area contributed by atoms with E-state index >= 15 is 0 Å². The van der Waals surface area contributed by atoms with Gasteiger partial charge in [-0.25, -0.2) is 9.59 Å². The Morgan fingerprint density at radius 2 is 2.06 bits per heavy atom. The molecule has 0 aliphatic carbocycles. The number of carbonyl (C=O) groups is 2. The van der Waals surface area contributed by atoms with Gasteiger partial charge in [-0.1, -0.05) is 0 Å². The number of hydrogen-bond donors (Lipinski definition) is 2. The van der Waals surface area contributed by atoms with Gasteiger partial charge in [0.05, 0.1) is 0 Å². The molecule has 0 spiro atoms. The summed E-state index contributed by atoms with van der Waals surface area (Å²) in [5.41, 5.74) is -1.55. The van der Waals surface area contributed by atoms with Crippen LogP contribution in [0, 0.1) is 4.91 Å². The molecule has 8 heteroatoms. The van der Waals surface area contributed by atoms with E-state index in [1.165, 1.54) is 0 Å². The van der Waals surface area contributed by atoms with Crippen molar-refractivity contribution < 1.29 is 19.8 Å². The summed E-state index contributed by atoms with van der Waals surface area (Å²) in [6.07, 6.45) is 0.227. The predicted octanol–water partition coefficient (Wildman–Crippen LogP) is 0.516. The number of aromatic nitrogens is 1. The van der Waals surface area contributed by atoms with Crippen molar-refractivity contribution in [3.63, 3.8) is 0 Å². The first-order valence-electron chi connectivity index (χ1n) is 5.05. The minimum absolute atomic E-state index is 0.0389. The molecule has 18 heavy (non-hydrogen) atoms. The normalized spacial score (nSPS) is 17.2. The Hall–Kier alpha value is -2.51. The molecule has 94 valence electrons. The summed E-state index contributed by atoms with van der Waals surface area (Å²) in [6, 6.07) is -0.340. The number of fused-ring (bicyclic) bond motifs is 1. The second-order valence-electron chi connectivity index (χ2n) is 3.85. The average Bonchev–Trinajstić information content (AvgIpc) is 2.72. The maximum Gasteiger partial charge on any atom is 0.339 e. The second-order valence-corrected chi connectivity index (χ2v) is 3.85. The van der Waals surface area contributed by atoms with Crippen LogP contribution in [0.3, 0.4) is 0 Å². The zero-order valence-corrected chi connectivity index (χ0v) is 8.99. The number of nitrogens with zero attached hydrogens (tertiary/aromatic N) is 2. The van der Waals surface area contributed by atoms with Gasteiger partial charge in [0.1, 0.15) is 17.3 Å². The first-order valence-corrected chi connectivity index (χ1v) is 5.05. The third-order valence-electron chi connectivity index (χ3n) is 2.90. The summed E-state index contributed by atoms with van der Waals surface area (Å²) >= 11 is 0. The molecule has 0 aromatic carbocycles. The largest absolute Gasteiger partial charge is 0.480 e. The Morgan fingerprint density at radius 3 is 2.56 bits per heavy atom. The lowest BCUT2D eigenvalue weighted by atomic mass is 10.1. The van der Waals surface area contributed by atoms with E-state index in [0.717, 1.165) is 10.6 Å². The number of aliphatic carboxylic acids is 1. The zero-order valence-electron chi connectivity index (χ0n) is 8.99. The van der Waals surface area contributed by atoms with E-state index in [1.54, 1.807) is 0 Å². The van der Waals surface area contributed by atoms with E-state index in [-0.39, 0.29) is 18.5 Å². The third kappa shape index (κ3) is 1.58. The molecule has 0 saturated carbocycles. The van der Waals surface area contributed by atoms with Gasteiger partial charge >= 0.3 is 11.9 Å². The molecular weight excluding hydrogens is 244 g/mol. The van der Waals surface area contributed by atoms with Gasteiger partial charge in [-0.05, 0) is 18.0 Å². The van der Waals surface area contributed by atoms with Crippen LogP contribution in [0.2, 0.25) is 0 Å². The zero-order chi connectivity index (χ0) is 13.4. The molecule has 0 saturated heterocycles. The molecule has 8 nitrogen and oxygen atoms in total. The molecule has 1 atom stereocenters. The smallest absolute Gasteiger partial charge is 0.339 e. The van der Waals surface area contributed by atoms with E-state index in [0.29, 0.717) is 0 Å². The van der Waals surface area contributed by atoms with E-state index in [1.807, 2.05) is 0 Å². The van der Waals surface area contributed by atoms with Crippen molar-refractivity contribution in [3.8, 4) is 0 Å². The summed E-state index contributed by atoms with van der Waals surface area (Å²) in [5, 5.41) is 20.5. The maximum atomic E-state index is 11.7. The lowest BCUT2D eigenvalue weighted by Gasteiger charge is -2.11. The molecule has 1 aromatic rings. The fraction of sp³-hybridized carbons (Fsp3) is 0.300. The van der Waals surface area contributed by atoms with Gasteiger partial charge in [0.25, 0.3) is 5.56 Å². The van der Waals surface area contributed by atoms with Gasteiger partial charge in [0.15, 0.2) is 0 Å². The topological polar surface area (TPSA) is 126 Å². The van der Waals surface area contributed by atoms with Gasteiger partial charge in [0.2, 0.25) is 0 Å². The molecule has 1 aliphatic heterocycles. The Kier molecular flexibility index (Phi) is 2.70. The number of hydrogen-bond acceptors (Lipinski definition) is 5. The van der Waals surface area contributed by atoms with E-state index in [2.05, 4.69) is 5.18 Å². The second kappa shape index (κ2) is 4.06. The fourth-order valence-corrected chi connectivity index (χ4v) is 2.19. The Balaban J connectivity index is 2.79. The van der Waals surface area contributed by atoms with Crippen LogP contribution in [0.4, 0.5) is 5.69 Å². The van der Waals surface area contributed by atoms with Crippen LogP contribution in [0.1, 0.15) is 28.5 Å². The van der Waals surface area contributed by atoms with Crippen molar-refractivity contribution in [2.75, 3.05) is 0 Å². The van der Waals surface area contributed by atoms with Gasteiger partial charge in [-0.2, -0.15) is 0 Å². The van der Waals surface area contributed by atoms with E-state index in [4.69, 9.17) is 10.2 Å².